The first kappa shape index (κ1) is 12.7. The average molecular weight is 271 g/mol. The van der Waals surface area contributed by atoms with Crippen molar-refractivity contribution in [1.29, 1.82) is 0 Å². The molecule has 0 radical (unpaired) electrons. The Bertz CT molecular complexity index is 293. The van der Waals surface area contributed by atoms with Crippen LogP contribution in [-0.2, 0) is 12.8 Å². The van der Waals surface area contributed by atoms with Crippen molar-refractivity contribution in [1.82, 2.24) is 0 Å². The van der Waals surface area contributed by atoms with Crippen LogP contribution in [0, 0.1) is 0 Å². The van der Waals surface area contributed by atoms with Gasteiger partial charge in [-0.15, -0.1) is 0 Å². The van der Waals surface area contributed by atoms with Gasteiger partial charge in [-0.1, -0.05) is 34.1 Å². The molecule has 0 aliphatic rings. The monoisotopic (exact) mass is 270 g/mol. The van der Waals surface area contributed by atoms with Crippen molar-refractivity contribution in [3.05, 3.63) is 33.8 Å². The zero-order valence-corrected chi connectivity index (χ0v) is 10.9. The lowest BCUT2D eigenvalue weighted by atomic mass is 10.0. The Morgan fingerprint density at radius 3 is 1.80 bits per heavy atom. The molecule has 0 fully saturated rings. The maximum absolute atomic E-state index is 5.80. The molecule has 4 N–H and O–H groups in total. The average Bonchev–Trinajstić information content (AvgIpc) is 2.10. The Hall–Kier alpha value is -0.380. The van der Waals surface area contributed by atoms with Crippen LogP contribution in [0.5, 0.6) is 0 Å². The number of hydrogen-bond acceptors (Lipinski definition) is 2. The van der Waals surface area contributed by atoms with Gasteiger partial charge in [0.05, 0.1) is 0 Å². The second kappa shape index (κ2) is 5.64. The molecule has 0 spiro atoms. The fourth-order valence-electron chi connectivity index (χ4n) is 1.64. The highest BCUT2D eigenvalue weighted by Crippen LogP contribution is 2.23. The molecule has 1 aromatic rings. The molecule has 1 rings (SSSR count). The maximum Gasteiger partial charge on any atom is 0.0240 e. The molecule has 0 aliphatic carbocycles. The Morgan fingerprint density at radius 2 is 1.47 bits per heavy atom. The summed E-state index contributed by atoms with van der Waals surface area (Å²) in [5.41, 5.74) is 14.1. The molecule has 0 bridgehead atoms. The van der Waals surface area contributed by atoms with E-state index >= 15 is 0 Å². The van der Waals surface area contributed by atoms with Crippen LogP contribution in [0.4, 0.5) is 0 Å². The van der Waals surface area contributed by atoms with Gasteiger partial charge in [0.25, 0.3) is 0 Å². The summed E-state index contributed by atoms with van der Waals surface area (Å²) in [4.78, 5) is 0. The lowest BCUT2D eigenvalue weighted by molar-refractivity contribution is 0.720. The lowest BCUT2D eigenvalue weighted by Crippen LogP contribution is -2.20. The van der Waals surface area contributed by atoms with Crippen LogP contribution in [0.2, 0.25) is 0 Å². The van der Waals surface area contributed by atoms with Crippen molar-refractivity contribution in [3.8, 4) is 0 Å². The summed E-state index contributed by atoms with van der Waals surface area (Å²) in [6.45, 7) is 4.04. The van der Waals surface area contributed by atoms with Crippen LogP contribution >= 0.6 is 15.9 Å². The number of benzene rings is 1. The van der Waals surface area contributed by atoms with Gasteiger partial charge >= 0.3 is 0 Å². The zero-order chi connectivity index (χ0) is 11.4. The summed E-state index contributed by atoms with van der Waals surface area (Å²) in [6, 6.07) is 6.66. The van der Waals surface area contributed by atoms with Gasteiger partial charge in [0.1, 0.15) is 0 Å². The van der Waals surface area contributed by atoms with Gasteiger partial charge in [-0.25, -0.2) is 0 Å². The van der Waals surface area contributed by atoms with Crippen LogP contribution in [0.25, 0.3) is 0 Å². The third-order valence-electron chi connectivity index (χ3n) is 2.24. The summed E-state index contributed by atoms with van der Waals surface area (Å²) in [5.74, 6) is 0. The van der Waals surface area contributed by atoms with Crippen molar-refractivity contribution < 1.29 is 0 Å². The fourth-order valence-corrected chi connectivity index (χ4v) is 2.23. The Kier molecular flexibility index (Phi) is 4.77. The minimum absolute atomic E-state index is 0.187. The van der Waals surface area contributed by atoms with Crippen molar-refractivity contribution in [2.75, 3.05) is 0 Å². The molecule has 2 atom stereocenters. The molecule has 0 saturated carbocycles. The predicted octanol–water partition coefficient (Wildman–Crippen LogP) is 2.23. The molecule has 0 saturated heterocycles. The molecule has 15 heavy (non-hydrogen) atoms. The van der Waals surface area contributed by atoms with E-state index in [9.17, 15) is 0 Å². The zero-order valence-electron chi connectivity index (χ0n) is 9.33. The van der Waals surface area contributed by atoms with Gasteiger partial charge in [0.15, 0.2) is 0 Å². The van der Waals surface area contributed by atoms with E-state index in [1.807, 2.05) is 13.8 Å². The molecule has 1 aromatic carbocycles. The van der Waals surface area contributed by atoms with Crippen molar-refractivity contribution in [2.24, 2.45) is 11.5 Å². The van der Waals surface area contributed by atoms with E-state index < -0.39 is 0 Å². The van der Waals surface area contributed by atoms with E-state index in [0.29, 0.717) is 0 Å². The largest absolute Gasteiger partial charge is 0.328 e. The second-order valence-electron chi connectivity index (χ2n) is 4.25. The predicted molar refractivity (Wildman–Crippen MR) is 68.8 cm³/mol. The fraction of sp³-hybridized carbons (Fsp3) is 0.500. The SMILES string of the molecule is CC(N)Cc1cccc(CC(C)N)c1Br. The summed E-state index contributed by atoms with van der Waals surface area (Å²) in [5, 5.41) is 0. The number of nitrogens with two attached hydrogens (primary N) is 2. The summed E-state index contributed by atoms with van der Waals surface area (Å²) in [6.07, 6.45) is 1.79. The van der Waals surface area contributed by atoms with Crippen molar-refractivity contribution in [2.45, 2.75) is 38.8 Å². The smallest absolute Gasteiger partial charge is 0.0240 e. The van der Waals surface area contributed by atoms with E-state index in [1.165, 1.54) is 15.6 Å². The maximum atomic E-state index is 5.80. The summed E-state index contributed by atoms with van der Waals surface area (Å²) >= 11 is 3.63. The van der Waals surface area contributed by atoms with Crippen LogP contribution in [-0.4, -0.2) is 12.1 Å². The van der Waals surface area contributed by atoms with E-state index in [-0.39, 0.29) is 12.1 Å². The Balaban J connectivity index is 2.90. The van der Waals surface area contributed by atoms with Crippen LogP contribution in [0.3, 0.4) is 0 Å². The van der Waals surface area contributed by atoms with Gasteiger partial charge < -0.3 is 11.5 Å². The van der Waals surface area contributed by atoms with Gasteiger partial charge in [0.2, 0.25) is 0 Å². The molecule has 2 nitrogen and oxygen atoms in total. The standard InChI is InChI=1S/C12H19BrN2/c1-8(14)6-10-4-3-5-11(12(10)13)7-9(2)15/h3-5,8-9H,6-7,14-15H2,1-2H3. The van der Waals surface area contributed by atoms with E-state index in [2.05, 4.69) is 34.1 Å². The topological polar surface area (TPSA) is 52.0 Å². The lowest BCUT2D eigenvalue weighted by Gasteiger charge is -2.13. The van der Waals surface area contributed by atoms with Gasteiger partial charge in [0, 0.05) is 16.6 Å². The molecule has 2 unspecified atom stereocenters. The summed E-state index contributed by atoms with van der Waals surface area (Å²) < 4.78 is 1.17. The normalized spacial score (nSPS) is 15.0. The second-order valence-corrected chi connectivity index (χ2v) is 5.05. The first-order valence-electron chi connectivity index (χ1n) is 5.28. The highest BCUT2D eigenvalue weighted by molar-refractivity contribution is 9.10. The summed E-state index contributed by atoms with van der Waals surface area (Å²) in [7, 11) is 0. The molecular weight excluding hydrogens is 252 g/mol. The van der Waals surface area contributed by atoms with E-state index in [1.54, 1.807) is 0 Å². The third-order valence-corrected chi connectivity index (χ3v) is 3.26. The van der Waals surface area contributed by atoms with Crippen LogP contribution in [0.1, 0.15) is 25.0 Å². The first-order valence-corrected chi connectivity index (χ1v) is 6.07. The van der Waals surface area contributed by atoms with Crippen LogP contribution < -0.4 is 11.5 Å². The Labute approximate surface area is 100 Å². The number of rotatable bonds is 4. The van der Waals surface area contributed by atoms with Crippen molar-refractivity contribution in [3.63, 3.8) is 0 Å². The molecule has 84 valence electrons. The van der Waals surface area contributed by atoms with E-state index in [0.717, 1.165) is 12.8 Å². The van der Waals surface area contributed by atoms with Crippen LogP contribution in [0.15, 0.2) is 22.7 Å². The van der Waals surface area contributed by atoms with Gasteiger partial charge in [-0.2, -0.15) is 0 Å². The van der Waals surface area contributed by atoms with Crippen molar-refractivity contribution >= 4 is 15.9 Å². The Morgan fingerprint density at radius 1 is 1.07 bits per heavy atom. The molecule has 0 aromatic heterocycles. The molecular formula is C12H19BrN2. The molecule has 0 amide bonds. The number of hydrogen-bond donors (Lipinski definition) is 2. The van der Waals surface area contributed by atoms with Gasteiger partial charge in [-0.3, -0.25) is 0 Å². The quantitative estimate of drug-likeness (QED) is 0.882. The van der Waals surface area contributed by atoms with Gasteiger partial charge in [-0.05, 0) is 37.8 Å². The highest BCUT2D eigenvalue weighted by Gasteiger charge is 2.08. The third kappa shape index (κ3) is 3.93. The molecule has 0 aliphatic heterocycles. The molecule has 0 heterocycles. The minimum atomic E-state index is 0.187. The first-order chi connectivity index (χ1) is 7.00. The molecule has 3 heteroatoms. The minimum Gasteiger partial charge on any atom is -0.328 e. The number of halogens is 1. The van der Waals surface area contributed by atoms with E-state index in [4.69, 9.17) is 11.5 Å². The highest BCUT2D eigenvalue weighted by atomic mass is 79.9.